The van der Waals surface area contributed by atoms with E-state index in [1.807, 2.05) is 49.1 Å². The Morgan fingerprint density at radius 3 is 2.69 bits per heavy atom. The lowest BCUT2D eigenvalue weighted by Gasteiger charge is -2.32. The second kappa shape index (κ2) is 8.11. The van der Waals surface area contributed by atoms with Gasteiger partial charge in [0.1, 0.15) is 11.5 Å². The lowest BCUT2D eigenvalue weighted by molar-refractivity contribution is -0.122. The maximum Gasteiger partial charge on any atom is 0.270 e. The molecule has 2 aromatic heterocycles. The van der Waals surface area contributed by atoms with Crippen LogP contribution in [0.25, 0.3) is 10.9 Å². The Labute approximate surface area is 169 Å². The van der Waals surface area contributed by atoms with Crippen LogP contribution in [0.5, 0.6) is 0 Å². The summed E-state index contributed by atoms with van der Waals surface area (Å²) in [5.41, 5.74) is 3.45. The Hall–Kier alpha value is -3.09. The average Bonchev–Trinajstić information content (AvgIpc) is 3.29. The highest BCUT2D eigenvalue weighted by Crippen LogP contribution is 2.19. The Morgan fingerprint density at radius 1 is 1.24 bits per heavy atom. The Kier molecular flexibility index (Phi) is 5.38. The van der Waals surface area contributed by atoms with Crippen LogP contribution in [-0.4, -0.2) is 46.0 Å². The molecule has 1 aliphatic rings. The number of hydrogen-bond acceptors (Lipinski definition) is 4. The number of nitrogens with zero attached hydrogens (tertiary/aromatic N) is 2. The molecule has 29 heavy (non-hydrogen) atoms. The highest BCUT2D eigenvalue weighted by molar-refractivity contribution is 5.98. The Morgan fingerprint density at radius 2 is 2.00 bits per heavy atom. The molecule has 0 saturated carbocycles. The zero-order valence-electron chi connectivity index (χ0n) is 16.8. The van der Waals surface area contributed by atoms with Crippen molar-refractivity contribution in [3.8, 4) is 0 Å². The van der Waals surface area contributed by atoms with Crippen LogP contribution in [0.15, 0.2) is 34.9 Å². The second-order valence-electron chi connectivity index (χ2n) is 7.71. The second-order valence-corrected chi connectivity index (χ2v) is 7.71. The summed E-state index contributed by atoms with van der Waals surface area (Å²) in [6, 6.07) is 9.89. The van der Waals surface area contributed by atoms with Gasteiger partial charge >= 0.3 is 0 Å². The van der Waals surface area contributed by atoms with Crippen LogP contribution in [0, 0.1) is 13.8 Å². The molecule has 3 heterocycles. The number of fused-ring (bicyclic) bond motifs is 1. The molecule has 2 N–H and O–H groups in total. The third-order valence-corrected chi connectivity index (χ3v) is 5.69. The van der Waals surface area contributed by atoms with Crippen molar-refractivity contribution in [1.82, 2.24) is 20.4 Å². The van der Waals surface area contributed by atoms with E-state index in [4.69, 9.17) is 4.52 Å². The van der Waals surface area contributed by atoms with Crippen LogP contribution < -0.4 is 5.32 Å². The van der Waals surface area contributed by atoms with Gasteiger partial charge in [-0.2, -0.15) is 0 Å². The summed E-state index contributed by atoms with van der Waals surface area (Å²) in [6.07, 6.45) is 2.58. The van der Waals surface area contributed by atoms with E-state index in [0.717, 1.165) is 40.8 Å². The highest BCUT2D eigenvalue weighted by atomic mass is 16.5. The molecule has 152 valence electrons. The van der Waals surface area contributed by atoms with Gasteiger partial charge in [-0.1, -0.05) is 23.4 Å². The fraction of sp³-hybridized carbons (Fsp3) is 0.409. The first-order valence-corrected chi connectivity index (χ1v) is 10.1. The minimum atomic E-state index is 0.0179. The third kappa shape index (κ3) is 4.18. The number of aromatic amines is 1. The summed E-state index contributed by atoms with van der Waals surface area (Å²) in [7, 11) is 0. The molecule has 0 spiro atoms. The van der Waals surface area contributed by atoms with Crippen molar-refractivity contribution in [3.63, 3.8) is 0 Å². The standard InChI is InChI=1S/C22H26N4O3/c1-14-18(15(2)29-25-14)7-8-21(27)23-17-9-11-26(12-10-17)22(28)20-13-16-5-3-4-6-19(16)24-20/h3-6,13,17,24H,7-12H2,1-2H3,(H,23,27). The van der Waals surface area contributed by atoms with E-state index in [1.54, 1.807) is 0 Å². The zero-order valence-corrected chi connectivity index (χ0v) is 16.8. The number of H-pyrrole nitrogens is 1. The van der Waals surface area contributed by atoms with E-state index in [9.17, 15) is 9.59 Å². The van der Waals surface area contributed by atoms with Gasteiger partial charge in [-0.05, 0) is 45.2 Å². The third-order valence-electron chi connectivity index (χ3n) is 5.69. The van der Waals surface area contributed by atoms with E-state index in [1.165, 1.54) is 0 Å². The van der Waals surface area contributed by atoms with Crippen LogP contribution in [-0.2, 0) is 11.2 Å². The number of likely N-dealkylation sites (tertiary alicyclic amines) is 1. The summed E-state index contributed by atoms with van der Waals surface area (Å²) in [5.74, 6) is 0.828. The monoisotopic (exact) mass is 394 g/mol. The van der Waals surface area contributed by atoms with Crippen molar-refractivity contribution >= 4 is 22.7 Å². The van der Waals surface area contributed by atoms with Crippen molar-refractivity contribution < 1.29 is 14.1 Å². The molecule has 2 amide bonds. The summed E-state index contributed by atoms with van der Waals surface area (Å²) >= 11 is 0. The van der Waals surface area contributed by atoms with E-state index in [0.29, 0.717) is 31.6 Å². The van der Waals surface area contributed by atoms with E-state index >= 15 is 0 Å². The molecule has 7 heteroatoms. The van der Waals surface area contributed by atoms with Gasteiger partial charge in [0.25, 0.3) is 5.91 Å². The minimum Gasteiger partial charge on any atom is -0.361 e. The van der Waals surface area contributed by atoms with Gasteiger partial charge < -0.3 is 19.7 Å². The van der Waals surface area contributed by atoms with E-state index < -0.39 is 0 Å². The van der Waals surface area contributed by atoms with Crippen LogP contribution in [0.3, 0.4) is 0 Å². The largest absolute Gasteiger partial charge is 0.361 e. The number of para-hydroxylation sites is 1. The first-order valence-electron chi connectivity index (χ1n) is 10.1. The minimum absolute atomic E-state index is 0.0179. The number of aromatic nitrogens is 2. The number of amides is 2. The van der Waals surface area contributed by atoms with Crippen molar-refractivity contribution in [2.75, 3.05) is 13.1 Å². The van der Waals surface area contributed by atoms with Crippen molar-refractivity contribution in [2.45, 2.75) is 45.6 Å². The number of carbonyl (C=O) groups is 2. The van der Waals surface area contributed by atoms with Crippen molar-refractivity contribution in [1.29, 1.82) is 0 Å². The lowest BCUT2D eigenvalue weighted by Crippen LogP contribution is -2.46. The smallest absolute Gasteiger partial charge is 0.270 e. The zero-order chi connectivity index (χ0) is 20.4. The number of hydrogen-bond donors (Lipinski definition) is 2. The number of rotatable bonds is 5. The molecule has 7 nitrogen and oxygen atoms in total. The quantitative estimate of drug-likeness (QED) is 0.696. The van der Waals surface area contributed by atoms with Crippen LogP contribution in [0.4, 0.5) is 0 Å². The van der Waals surface area contributed by atoms with Crippen LogP contribution in [0.1, 0.15) is 46.8 Å². The number of aryl methyl sites for hydroxylation is 2. The predicted molar refractivity (Wildman–Crippen MR) is 110 cm³/mol. The van der Waals surface area contributed by atoms with Crippen LogP contribution >= 0.6 is 0 Å². The molecule has 1 saturated heterocycles. The van der Waals surface area contributed by atoms with Gasteiger partial charge in [0.05, 0.1) is 5.69 Å². The lowest BCUT2D eigenvalue weighted by atomic mass is 10.0. The maximum absolute atomic E-state index is 12.8. The molecule has 1 fully saturated rings. The van der Waals surface area contributed by atoms with Gasteiger partial charge in [0.2, 0.25) is 5.91 Å². The fourth-order valence-corrected chi connectivity index (χ4v) is 3.98. The Bertz CT molecular complexity index is 975. The van der Waals surface area contributed by atoms with Gasteiger partial charge in [-0.3, -0.25) is 9.59 Å². The molecule has 1 aliphatic heterocycles. The molecule has 3 aromatic rings. The fourth-order valence-electron chi connectivity index (χ4n) is 3.98. The summed E-state index contributed by atoms with van der Waals surface area (Å²) < 4.78 is 5.15. The highest BCUT2D eigenvalue weighted by Gasteiger charge is 2.25. The Balaban J connectivity index is 1.26. The molecule has 1 aromatic carbocycles. The van der Waals surface area contributed by atoms with E-state index in [2.05, 4.69) is 15.5 Å². The average molecular weight is 394 g/mol. The summed E-state index contributed by atoms with van der Waals surface area (Å²) in [6.45, 7) is 5.04. The number of piperidine rings is 1. The number of carbonyl (C=O) groups excluding carboxylic acids is 2. The topological polar surface area (TPSA) is 91.2 Å². The van der Waals surface area contributed by atoms with Gasteiger partial charge in [0, 0.05) is 42.0 Å². The van der Waals surface area contributed by atoms with Crippen LogP contribution in [0.2, 0.25) is 0 Å². The molecule has 0 radical (unpaired) electrons. The summed E-state index contributed by atoms with van der Waals surface area (Å²) in [4.78, 5) is 30.2. The molecule has 0 atom stereocenters. The van der Waals surface area contributed by atoms with Gasteiger partial charge in [0.15, 0.2) is 0 Å². The molecular weight excluding hydrogens is 368 g/mol. The first-order chi connectivity index (χ1) is 14.0. The molecule has 0 unspecified atom stereocenters. The molecule has 0 bridgehead atoms. The molecule has 0 aliphatic carbocycles. The SMILES string of the molecule is Cc1noc(C)c1CCC(=O)NC1CCN(C(=O)c2cc3ccccc3[nH]2)CC1. The molecule has 4 rings (SSSR count). The maximum atomic E-state index is 12.8. The molecular formula is C22H26N4O3. The first kappa shape index (κ1) is 19.2. The number of benzene rings is 1. The van der Waals surface area contributed by atoms with E-state index in [-0.39, 0.29) is 17.9 Å². The van der Waals surface area contributed by atoms with Crippen molar-refractivity contribution in [2.24, 2.45) is 0 Å². The van der Waals surface area contributed by atoms with Gasteiger partial charge in [-0.25, -0.2) is 0 Å². The predicted octanol–water partition coefficient (Wildman–Crippen LogP) is 3.13. The van der Waals surface area contributed by atoms with Gasteiger partial charge in [-0.15, -0.1) is 0 Å². The number of nitrogens with one attached hydrogen (secondary N) is 2. The van der Waals surface area contributed by atoms with Crippen molar-refractivity contribution in [3.05, 3.63) is 53.0 Å². The summed E-state index contributed by atoms with van der Waals surface area (Å²) in [5, 5.41) is 8.07. The normalized spacial score (nSPS) is 15.0.